The van der Waals surface area contributed by atoms with E-state index in [0.717, 1.165) is 6.07 Å². The minimum absolute atomic E-state index is 0.128. The number of hydrogen-bond donors (Lipinski definition) is 1. The maximum Gasteiger partial charge on any atom is 0.338 e. The van der Waals surface area contributed by atoms with Crippen molar-refractivity contribution in [2.75, 3.05) is 0 Å². The summed E-state index contributed by atoms with van der Waals surface area (Å²) in [4.78, 5) is 10.6. The van der Waals surface area contributed by atoms with E-state index >= 15 is 0 Å². The lowest BCUT2D eigenvalue weighted by Gasteiger charge is -2.07. The van der Waals surface area contributed by atoms with E-state index < -0.39 is 11.8 Å². The molecule has 0 amide bonds. The Labute approximate surface area is 96.8 Å². The van der Waals surface area contributed by atoms with Crippen molar-refractivity contribution in [3.63, 3.8) is 0 Å². The molecule has 0 spiro atoms. The van der Waals surface area contributed by atoms with Crippen LogP contribution in [0.4, 0.5) is 4.39 Å². The molecule has 2 aromatic rings. The predicted octanol–water partition coefficient (Wildman–Crippen LogP) is 2.26. The molecule has 0 heterocycles. The van der Waals surface area contributed by atoms with Crippen LogP contribution in [-0.2, 0) is 0 Å². The van der Waals surface area contributed by atoms with Gasteiger partial charge >= 0.3 is 5.97 Å². The summed E-state index contributed by atoms with van der Waals surface area (Å²) in [5.41, 5.74) is 0.835. The fourth-order valence-corrected chi connectivity index (χ4v) is 1.52. The van der Waals surface area contributed by atoms with Crippen molar-refractivity contribution >= 4 is 5.97 Å². The van der Waals surface area contributed by atoms with Crippen molar-refractivity contribution in [3.05, 3.63) is 53.8 Å². The van der Waals surface area contributed by atoms with Gasteiger partial charge in [-0.05, 0) is 23.3 Å². The Kier molecular flexibility index (Phi) is 2.78. The van der Waals surface area contributed by atoms with E-state index in [2.05, 4.69) is 0 Å². The molecule has 4 heteroatoms. The molecule has 17 heavy (non-hydrogen) atoms. The summed E-state index contributed by atoms with van der Waals surface area (Å²) in [6, 6.07) is 9.74. The Morgan fingerprint density at radius 1 is 1.06 bits per heavy atom. The van der Waals surface area contributed by atoms with E-state index in [0.29, 0.717) is 11.1 Å². The van der Waals surface area contributed by atoms with Gasteiger partial charge in [0.1, 0.15) is 5.82 Å². The van der Waals surface area contributed by atoms with E-state index in [9.17, 15) is 14.3 Å². The summed E-state index contributed by atoms with van der Waals surface area (Å²) in [5, 5.41) is 19.6. The topological polar surface area (TPSA) is 60.4 Å². The molecule has 2 rings (SSSR count). The van der Waals surface area contributed by atoms with Crippen molar-refractivity contribution in [3.8, 4) is 16.9 Å². The van der Waals surface area contributed by atoms with E-state index in [1.54, 1.807) is 12.1 Å². The predicted molar refractivity (Wildman–Crippen MR) is 58.2 cm³/mol. The molecular weight excluding hydrogens is 223 g/mol. The van der Waals surface area contributed by atoms with Crippen LogP contribution in [0.15, 0.2) is 42.5 Å². The first-order chi connectivity index (χ1) is 8.08. The number of aromatic carboxylic acids is 1. The lowest BCUT2D eigenvalue weighted by atomic mass is 10.0. The summed E-state index contributed by atoms with van der Waals surface area (Å²) in [6.07, 6.45) is 0. The molecule has 0 radical (unpaired) electrons. The van der Waals surface area contributed by atoms with Gasteiger partial charge in [-0.25, -0.2) is 9.18 Å². The lowest BCUT2D eigenvalue weighted by molar-refractivity contribution is -0.268. The van der Waals surface area contributed by atoms with Crippen LogP contribution in [0.2, 0.25) is 0 Å². The van der Waals surface area contributed by atoms with Crippen molar-refractivity contribution in [2.24, 2.45) is 0 Å². The third kappa shape index (κ3) is 2.25. The molecule has 0 aliphatic carbocycles. The van der Waals surface area contributed by atoms with Gasteiger partial charge < -0.3 is 10.2 Å². The second-order valence-corrected chi connectivity index (χ2v) is 3.52. The third-order valence-electron chi connectivity index (χ3n) is 2.39. The fraction of sp³-hybridized carbons (Fsp3) is 0. The molecule has 86 valence electrons. The van der Waals surface area contributed by atoms with Gasteiger partial charge in [0.2, 0.25) is 0 Å². The summed E-state index contributed by atoms with van der Waals surface area (Å²) in [6.45, 7) is 0. The smallest absolute Gasteiger partial charge is 0.338 e. The second kappa shape index (κ2) is 4.25. The molecular formula is C13H8FO3-. The van der Waals surface area contributed by atoms with Crippen molar-refractivity contribution in [1.82, 2.24) is 0 Å². The Hall–Kier alpha value is -2.36. The van der Waals surface area contributed by atoms with Crippen LogP contribution in [0, 0.1) is 5.82 Å². The second-order valence-electron chi connectivity index (χ2n) is 3.52. The monoisotopic (exact) mass is 231 g/mol. The fourth-order valence-electron chi connectivity index (χ4n) is 1.52. The molecule has 0 aliphatic heterocycles. The molecule has 0 bridgehead atoms. The highest BCUT2D eigenvalue weighted by molar-refractivity contribution is 5.88. The molecule has 0 atom stereocenters. The molecule has 0 aliphatic rings. The first-order valence-corrected chi connectivity index (χ1v) is 4.88. The standard InChI is InChI=1S/C13H9FO3/c14-12-7-9(3-6-11(12)13(16)17)8-1-4-10(15)5-2-8/h1-7,15H,(H,16,17)/p-1. The number of rotatable bonds is 2. The zero-order valence-electron chi connectivity index (χ0n) is 8.68. The highest BCUT2D eigenvalue weighted by Gasteiger charge is 2.10. The summed E-state index contributed by atoms with van der Waals surface area (Å²) in [7, 11) is 0. The number of benzene rings is 2. The highest BCUT2D eigenvalue weighted by Crippen LogP contribution is 2.23. The minimum Gasteiger partial charge on any atom is -0.872 e. The highest BCUT2D eigenvalue weighted by atomic mass is 19.1. The summed E-state index contributed by atoms with van der Waals surface area (Å²) >= 11 is 0. The van der Waals surface area contributed by atoms with Gasteiger partial charge in [-0.1, -0.05) is 30.3 Å². The maximum absolute atomic E-state index is 13.4. The number of halogens is 1. The summed E-state index contributed by atoms with van der Waals surface area (Å²) < 4.78 is 13.4. The Balaban J connectivity index is 2.44. The van der Waals surface area contributed by atoms with Crippen molar-refractivity contribution in [2.45, 2.75) is 0 Å². The average Bonchev–Trinajstić information content (AvgIpc) is 2.29. The summed E-state index contributed by atoms with van der Waals surface area (Å²) in [5.74, 6) is -2.22. The Morgan fingerprint density at radius 3 is 2.18 bits per heavy atom. The number of carboxylic acids is 1. The molecule has 0 saturated carbocycles. The average molecular weight is 231 g/mol. The molecule has 0 fully saturated rings. The van der Waals surface area contributed by atoms with Crippen LogP contribution >= 0.6 is 0 Å². The zero-order valence-corrected chi connectivity index (χ0v) is 8.68. The largest absolute Gasteiger partial charge is 0.872 e. The van der Waals surface area contributed by atoms with E-state index in [-0.39, 0.29) is 11.3 Å². The minimum atomic E-state index is -1.30. The van der Waals surface area contributed by atoms with Gasteiger partial charge in [-0.3, -0.25) is 0 Å². The number of hydrogen-bond acceptors (Lipinski definition) is 2. The molecule has 1 N–H and O–H groups in total. The van der Waals surface area contributed by atoms with Crippen LogP contribution in [0.5, 0.6) is 5.75 Å². The molecule has 2 aromatic carbocycles. The maximum atomic E-state index is 13.4. The van der Waals surface area contributed by atoms with Crippen LogP contribution in [0.25, 0.3) is 11.1 Å². The first-order valence-electron chi connectivity index (χ1n) is 4.88. The normalized spacial score (nSPS) is 10.2. The molecule has 0 saturated heterocycles. The number of carbonyl (C=O) groups is 1. The van der Waals surface area contributed by atoms with Gasteiger partial charge in [0.25, 0.3) is 0 Å². The van der Waals surface area contributed by atoms with Crippen molar-refractivity contribution < 1.29 is 19.4 Å². The van der Waals surface area contributed by atoms with Crippen LogP contribution in [-0.4, -0.2) is 11.1 Å². The van der Waals surface area contributed by atoms with E-state index in [4.69, 9.17) is 5.11 Å². The molecule has 0 unspecified atom stereocenters. The van der Waals surface area contributed by atoms with Gasteiger partial charge in [-0.2, -0.15) is 0 Å². The van der Waals surface area contributed by atoms with Crippen molar-refractivity contribution in [1.29, 1.82) is 0 Å². The molecule has 3 nitrogen and oxygen atoms in total. The quantitative estimate of drug-likeness (QED) is 0.862. The molecule has 0 aromatic heterocycles. The Bertz CT molecular complexity index is 561. The first kappa shape index (κ1) is 11.1. The Morgan fingerprint density at radius 2 is 1.65 bits per heavy atom. The van der Waals surface area contributed by atoms with Gasteiger partial charge in [0.05, 0.1) is 5.56 Å². The zero-order chi connectivity index (χ0) is 12.4. The van der Waals surface area contributed by atoms with Gasteiger partial charge in [0.15, 0.2) is 0 Å². The van der Waals surface area contributed by atoms with Crippen LogP contribution in [0.3, 0.4) is 0 Å². The third-order valence-corrected chi connectivity index (χ3v) is 2.39. The van der Waals surface area contributed by atoms with E-state index in [1.807, 2.05) is 0 Å². The SMILES string of the molecule is O=C(O)c1ccc(-c2ccc([O-])cc2)cc1F. The lowest BCUT2D eigenvalue weighted by Crippen LogP contribution is -2.00. The van der Waals surface area contributed by atoms with Crippen LogP contribution < -0.4 is 5.11 Å². The van der Waals surface area contributed by atoms with Crippen LogP contribution in [0.1, 0.15) is 10.4 Å². The number of carboxylic acid groups (broad SMARTS) is 1. The van der Waals surface area contributed by atoms with Gasteiger partial charge in [-0.15, -0.1) is 5.75 Å². The van der Waals surface area contributed by atoms with E-state index in [1.165, 1.54) is 24.3 Å². The van der Waals surface area contributed by atoms with Gasteiger partial charge in [0, 0.05) is 0 Å².